The number of rotatable bonds is 6. The summed E-state index contributed by atoms with van der Waals surface area (Å²) in [5.74, 6) is 0. The van der Waals surface area contributed by atoms with Crippen molar-refractivity contribution in [2.45, 2.75) is 32.6 Å². The Morgan fingerprint density at radius 1 is 1.14 bits per heavy atom. The van der Waals surface area contributed by atoms with Gasteiger partial charge < -0.3 is 5.32 Å². The molecule has 0 amide bonds. The van der Waals surface area contributed by atoms with Crippen molar-refractivity contribution in [2.75, 3.05) is 32.7 Å². The number of halogens is 1. The lowest BCUT2D eigenvalue weighted by atomic mass is 10.2. The summed E-state index contributed by atoms with van der Waals surface area (Å²) in [7, 11) is 0. The zero-order valence-corrected chi connectivity index (χ0v) is 10.9. The van der Waals surface area contributed by atoms with Gasteiger partial charge in [0.15, 0.2) is 0 Å². The van der Waals surface area contributed by atoms with E-state index in [9.17, 15) is 0 Å². The van der Waals surface area contributed by atoms with E-state index in [2.05, 4.69) is 22.7 Å². The highest BCUT2D eigenvalue weighted by molar-refractivity contribution is 8.93. The molecule has 0 atom stereocenters. The summed E-state index contributed by atoms with van der Waals surface area (Å²) in [5.41, 5.74) is 3.47. The van der Waals surface area contributed by atoms with Crippen LogP contribution in [0.2, 0.25) is 0 Å². The van der Waals surface area contributed by atoms with E-state index in [1.165, 1.54) is 25.7 Å². The van der Waals surface area contributed by atoms with Gasteiger partial charge in [0.05, 0.1) is 0 Å². The van der Waals surface area contributed by atoms with E-state index in [4.69, 9.17) is 0 Å². The second-order valence-electron chi connectivity index (χ2n) is 3.71. The van der Waals surface area contributed by atoms with Gasteiger partial charge in [-0.15, -0.1) is 17.0 Å². The van der Waals surface area contributed by atoms with E-state index in [-0.39, 0.29) is 17.0 Å². The molecule has 2 N–H and O–H groups in total. The first-order valence-electron chi connectivity index (χ1n) is 5.62. The Balaban J connectivity index is 0.00000169. The number of hydrogen-bond donors (Lipinski definition) is 2. The standard InChI is InChI=1S/C10H23N3.BrH/c1-2-3-4-5-6-12-13-9-7-11-8-10-13;/h11-12H,2-10H2,1H3;1H. The molecule has 0 unspecified atom stereocenters. The van der Waals surface area contributed by atoms with Crippen molar-refractivity contribution in [3.05, 3.63) is 0 Å². The maximum Gasteiger partial charge on any atom is 0.0256 e. The van der Waals surface area contributed by atoms with E-state index < -0.39 is 0 Å². The largest absolute Gasteiger partial charge is 0.314 e. The quantitative estimate of drug-likeness (QED) is 0.714. The van der Waals surface area contributed by atoms with Crippen LogP contribution in [-0.4, -0.2) is 37.7 Å². The third-order valence-corrected chi connectivity index (χ3v) is 2.48. The molecule has 0 bridgehead atoms. The molecule has 0 aliphatic carbocycles. The summed E-state index contributed by atoms with van der Waals surface area (Å²) in [6.07, 6.45) is 5.39. The van der Waals surface area contributed by atoms with Crippen molar-refractivity contribution in [1.29, 1.82) is 0 Å². The molecule has 3 nitrogen and oxygen atoms in total. The summed E-state index contributed by atoms with van der Waals surface area (Å²) >= 11 is 0. The second-order valence-corrected chi connectivity index (χ2v) is 3.71. The predicted octanol–water partition coefficient (Wildman–Crippen LogP) is 1.55. The molecule has 86 valence electrons. The molecule has 1 heterocycles. The van der Waals surface area contributed by atoms with Gasteiger partial charge in [0.1, 0.15) is 0 Å². The maximum atomic E-state index is 3.47. The van der Waals surface area contributed by atoms with Crippen LogP contribution in [-0.2, 0) is 0 Å². The molecule has 0 aromatic carbocycles. The Bertz CT molecular complexity index is 116. The van der Waals surface area contributed by atoms with E-state index in [1.54, 1.807) is 0 Å². The molecule has 1 rings (SSSR count). The van der Waals surface area contributed by atoms with Gasteiger partial charge in [-0.2, -0.15) is 0 Å². The summed E-state index contributed by atoms with van der Waals surface area (Å²) in [6, 6.07) is 0. The molecule has 0 saturated carbocycles. The molecule has 1 fully saturated rings. The third-order valence-electron chi connectivity index (χ3n) is 2.48. The Morgan fingerprint density at radius 3 is 2.50 bits per heavy atom. The fourth-order valence-electron chi connectivity index (χ4n) is 1.61. The Kier molecular flexibility index (Phi) is 10.2. The summed E-state index contributed by atoms with van der Waals surface area (Å²) in [5, 5.41) is 5.68. The van der Waals surface area contributed by atoms with Gasteiger partial charge in [-0.1, -0.05) is 26.2 Å². The van der Waals surface area contributed by atoms with E-state index >= 15 is 0 Å². The van der Waals surface area contributed by atoms with Crippen molar-refractivity contribution in [3.63, 3.8) is 0 Å². The summed E-state index contributed by atoms with van der Waals surface area (Å²) < 4.78 is 0. The third kappa shape index (κ3) is 6.76. The number of nitrogens with one attached hydrogen (secondary N) is 2. The molecule has 0 radical (unpaired) electrons. The molecule has 1 aliphatic heterocycles. The van der Waals surface area contributed by atoms with E-state index in [1.807, 2.05) is 0 Å². The van der Waals surface area contributed by atoms with Gasteiger partial charge in [-0.3, -0.25) is 5.43 Å². The fraction of sp³-hybridized carbons (Fsp3) is 1.00. The number of hydrogen-bond acceptors (Lipinski definition) is 3. The molecule has 4 heteroatoms. The van der Waals surface area contributed by atoms with Crippen molar-refractivity contribution in [3.8, 4) is 0 Å². The number of unbranched alkanes of at least 4 members (excludes halogenated alkanes) is 3. The average molecular weight is 266 g/mol. The fourth-order valence-corrected chi connectivity index (χ4v) is 1.61. The molecule has 14 heavy (non-hydrogen) atoms. The van der Waals surface area contributed by atoms with Crippen molar-refractivity contribution in [2.24, 2.45) is 0 Å². The van der Waals surface area contributed by atoms with Crippen LogP contribution in [0.4, 0.5) is 0 Å². The van der Waals surface area contributed by atoms with Crippen molar-refractivity contribution >= 4 is 17.0 Å². The SMILES string of the molecule is Br.CCCCCCNN1CCNCC1. The van der Waals surface area contributed by atoms with Gasteiger partial charge >= 0.3 is 0 Å². The van der Waals surface area contributed by atoms with Gasteiger partial charge in [0, 0.05) is 32.7 Å². The minimum Gasteiger partial charge on any atom is -0.314 e. The van der Waals surface area contributed by atoms with Crippen LogP contribution in [0.25, 0.3) is 0 Å². The highest BCUT2D eigenvalue weighted by Crippen LogP contribution is 1.97. The second kappa shape index (κ2) is 9.90. The van der Waals surface area contributed by atoms with Crippen LogP contribution >= 0.6 is 17.0 Å². The van der Waals surface area contributed by atoms with E-state index in [0.717, 1.165) is 32.7 Å². The Hall–Kier alpha value is 0.360. The minimum atomic E-state index is 0. The first kappa shape index (κ1) is 14.4. The van der Waals surface area contributed by atoms with Crippen molar-refractivity contribution in [1.82, 2.24) is 15.8 Å². The van der Waals surface area contributed by atoms with Crippen molar-refractivity contribution < 1.29 is 0 Å². The van der Waals surface area contributed by atoms with Gasteiger partial charge in [0.2, 0.25) is 0 Å². The van der Waals surface area contributed by atoms with Crippen LogP contribution < -0.4 is 10.7 Å². The van der Waals surface area contributed by atoms with Gasteiger partial charge in [-0.05, 0) is 6.42 Å². The highest BCUT2D eigenvalue weighted by atomic mass is 79.9. The topological polar surface area (TPSA) is 27.3 Å². The van der Waals surface area contributed by atoms with Crippen LogP contribution in [0, 0.1) is 0 Å². The zero-order valence-electron chi connectivity index (χ0n) is 9.22. The van der Waals surface area contributed by atoms with Crippen LogP contribution in [0.15, 0.2) is 0 Å². The minimum absolute atomic E-state index is 0. The molecule has 0 spiro atoms. The summed E-state index contributed by atoms with van der Waals surface area (Å²) in [4.78, 5) is 0. The van der Waals surface area contributed by atoms with Gasteiger partial charge in [0.25, 0.3) is 0 Å². The lowest BCUT2D eigenvalue weighted by Gasteiger charge is -2.27. The van der Waals surface area contributed by atoms with Crippen LogP contribution in [0.3, 0.4) is 0 Å². The normalized spacial score (nSPS) is 17.8. The Labute approximate surface area is 98.4 Å². The first-order chi connectivity index (χ1) is 6.43. The smallest absolute Gasteiger partial charge is 0.0256 e. The van der Waals surface area contributed by atoms with Crippen LogP contribution in [0.1, 0.15) is 32.6 Å². The molecular weight excluding hydrogens is 242 g/mol. The lowest BCUT2D eigenvalue weighted by Crippen LogP contribution is -2.50. The Morgan fingerprint density at radius 2 is 1.86 bits per heavy atom. The maximum absolute atomic E-state index is 3.47. The zero-order chi connectivity index (χ0) is 9.36. The number of piperazine rings is 1. The number of hydrazine groups is 1. The molecule has 1 saturated heterocycles. The first-order valence-corrected chi connectivity index (χ1v) is 5.62. The van der Waals surface area contributed by atoms with Gasteiger partial charge in [-0.25, -0.2) is 5.01 Å². The lowest BCUT2D eigenvalue weighted by molar-refractivity contribution is 0.163. The molecule has 1 aliphatic rings. The highest BCUT2D eigenvalue weighted by Gasteiger charge is 2.07. The number of nitrogens with zero attached hydrogens (tertiary/aromatic N) is 1. The molecular formula is C10H24BrN3. The average Bonchev–Trinajstić information content (AvgIpc) is 2.19. The van der Waals surface area contributed by atoms with E-state index in [0.29, 0.717) is 0 Å². The van der Waals surface area contributed by atoms with Crippen LogP contribution in [0.5, 0.6) is 0 Å². The monoisotopic (exact) mass is 265 g/mol. The molecule has 0 aromatic heterocycles. The summed E-state index contributed by atoms with van der Waals surface area (Å²) in [6.45, 7) is 7.95. The molecule has 0 aromatic rings. The predicted molar refractivity (Wildman–Crippen MR) is 66.9 cm³/mol.